The molecule has 4 rings (SSSR count). The van der Waals surface area contributed by atoms with Gasteiger partial charge in [-0.1, -0.05) is 24.3 Å². The number of piperazine rings is 1. The lowest BCUT2D eigenvalue weighted by molar-refractivity contribution is -0.132. The van der Waals surface area contributed by atoms with E-state index in [1.165, 1.54) is 28.1 Å². The van der Waals surface area contributed by atoms with Crippen LogP contribution in [0.25, 0.3) is 0 Å². The molecule has 0 saturated carbocycles. The lowest BCUT2D eigenvalue weighted by Gasteiger charge is -2.41. The van der Waals surface area contributed by atoms with Gasteiger partial charge < -0.3 is 15.1 Å². The van der Waals surface area contributed by atoms with Gasteiger partial charge in [0.2, 0.25) is 5.91 Å². The fourth-order valence-electron chi connectivity index (χ4n) is 4.38. The number of aryl methyl sites for hydroxylation is 3. The van der Waals surface area contributed by atoms with Crippen molar-refractivity contribution >= 4 is 23.2 Å². The van der Waals surface area contributed by atoms with Gasteiger partial charge in [-0.3, -0.25) is 14.4 Å². The molecule has 0 bridgehead atoms. The Hall–Kier alpha value is -3.94. The predicted octanol–water partition coefficient (Wildman–Crippen LogP) is 3.24. The molecular formula is C27H31N5O3. The Morgan fingerprint density at radius 1 is 1.00 bits per heavy atom. The molecule has 8 heteroatoms. The molecule has 1 aliphatic heterocycles. The molecule has 0 spiro atoms. The van der Waals surface area contributed by atoms with Gasteiger partial charge in [0.25, 0.3) is 11.5 Å². The number of carbonyl (C=O) groups excluding carboxylic acids is 2. The van der Waals surface area contributed by atoms with Gasteiger partial charge in [0.05, 0.1) is 6.54 Å². The number of nitrogens with zero attached hydrogens (tertiary/aromatic N) is 4. The maximum Gasteiger partial charge on any atom is 0.276 e. The monoisotopic (exact) mass is 473 g/mol. The van der Waals surface area contributed by atoms with Crippen LogP contribution < -0.4 is 15.8 Å². The molecule has 1 aromatic heterocycles. The number of nitrogens with one attached hydrogen (secondary N) is 1. The highest BCUT2D eigenvalue weighted by Crippen LogP contribution is 2.22. The van der Waals surface area contributed by atoms with E-state index in [0.717, 1.165) is 12.1 Å². The minimum atomic E-state index is -0.406. The Morgan fingerprint density at radius 2 is 1.74 bits per heavy atom. The summed E-state index contributed by atoms with van der Waals surface area (Å²) in [6.07, 6.45) is 0.146. The standard InChI is InChI=1S/C27H31N5O3/c1-19-6-4-8-22(16-19)28-27(35)24-10-11-26(34)32(29-24)13-12-25(33)30-14-15-31(21(3)18-30)23-9-5-7-20(2)17-23/h4-11,16-17,21H,12-15,18H2,1-3H3,(H,28,35). The average Bonchev–Trinajstić information content (AvgIpc) is 2.83. The molecule has 1 aliphatic rings. The number of aromatic nitrogens is 2. The zero-order valence-electron chi connectivity index (χ0n) is 20.4. The first-order chi connectivity index (χ1) is 16.8. The van der Waals surface area contributed by atoms with Crippen LogP contribution in [-0.4, -0.2) is 52.2 Å². The molecule has 0 aliphatic carbocycles. The molecule has 1 fully saturated rings. The van der Waals surface area contributed by atoms with Gasteiger partial charge in [-0.15, -0.1) is 0 Å². The lowest BCUT2D eigenvalue weighted by Crippen LogP contribution is -2.54. The van der Waals surface area contributed by atoms with Crippen LogP contribution in [0.1, 0.15) is 35.0 Å². The minimum Gasteiger partial charge on any atom is -0.365 e. The largest absolute Gasteiger partial charge is 0.365 e. The van der Waals surface area contributed by atoms with Crippen molar-refractivity contribution < 1.29 is 9.59 Å². The normalized spacial score (nSPS) is 15.7. The Labute approximate surface area is 205 Å². The van der Waals surface area contributed by atoms with Crippen molar-refractivity contribution in [3.05, 3.63) is 87.8 Å². The summed E-state index contributed by atoms with van der Waals surface area (Å²) in [6, 6.07) is 18.7. The van der Waals surface area contributed by atoms with Crippen molar-refractivity contribution in [1.82, 2.24) is 14.7 Å². The molecule has 35 heavy (non-hydrogen) atoms. The molecule has 0 radical (unpaired) electrons. The van der Waals surface area contributed by atoms with Crippen LogP contribution >= 0.6 is 0 Å². The highest BCUT2D eigenvalue weighted by molar-refractivity contribution is 6.02. The summed E-state index contributed by atoms with van der Waals surface area (Å²) in [5, 5.41) is 6.99. The molecule has 3 aromatic rings. The number of carbonyl (C=O) groups is 2. The maximum absolute atomic E-state index is 12.9. The number of hydrogen-bond acceptors (Lipinski definition) is 5. The van der Waals surface area contributed by atoms with E-state index in [0.29, 0.717) is 18.8 Å². The number of rotatable bonds is 6. The van der Waals surface area contributed by atoms with Gasteiger partial charge in [-0.25, -0.2) is 4.68 Å². The number of hydrogen-bond donors (Lipinski definition) is 1. The maximum atomic E-state index is 12.9. The van der Waals surface area contributed by atoms with Crippen LogP contribution in [0.5, 0.6) is 0 Å². The molecule has 8 nitrogen and oxygen atoms in total. The van der Waals surface area contributed by atoms with Gasteiger partial charge >= 0.3 is 0 Å². The minimum absolute atomic E-state index is 0.0240. The van der Waals surface area contributed by atoms with Crippen molar-refractivity contribution in [3.8, 4) is 0 Å². The summed E-state index contributed by atoms with van der Waals surface area (Å²) >= 11 is 0. The first-order valence-corrected chi connectivity index (χ1v) is 11.9. The second-order valence-electron chi connectivity index (χ2n) is 9.07. The SMILES string of the molecule is Cc1cccc(NC(=O)c2ccc(=O)n(CCC(=O)N3CCN(c4cccc(C)c4)C(C)C3)n2)c1. The lowest BCUT2D eigenvalue weighted by atomic mass is 10.1. The van der Waals surface area contributed by atoms with E-state index in [-0.39, 0.29) is 36.2 Å². The molecule has 182 valence electrons. The molecular weight excluding hydrogens is 442 g/mol. The molecule has 1 unspecified atom stereocenters. The van der Waals surface area contributed by atoms with Gasteiger partial charge in [0.15, 0.2) is 0 Å². The summed E-state index contributed by atoms with van der Waals surface area (Å²) in [6.45, 7) is 8.24. The third-order valence-corrected chi connectivity index (χ3v) is 6.23. The van der Waals surface area contributed by atoms with E-state index >= 15 is 0 Å². The fraction of sp³-hybridized carbons (Fsp3) is 0.333. The first kappa shape index (κ1) is 24.2. The van der Waals surface area contributed by atoms with E-state index in [4.69, 9.17) is 0 Å². The van der Waals surface area contributed by atoms with Gasteiger partial charge in [-0.2, -0.15) is 5.10 Å². The van der Waals surface area contributed by atoms with E-state index in [1.807, 2.05) is 30.0 Å². The third-order valence-electron chi connectivity index (χ3n) is 6.23. The molecule has 1 atom stereocenters. The third kappa shape index (κ3) is 5.95. The average molecular weight is 474 g/mol. The summed E-state index contributed by atoms with van der Waals surface area (Å²) in [4.78, 5) is 42.0. The van der Waals surface area contributed by atoms with Crippen LogP contribution in [0.15, 0.2) is 65.5 Å². The highest BCUT2D eigenvalue weighted by Gasteiger charge is 2.27. The molecule has 2 heterocycles. The van der Waals surface area contributed by atoms with Gasteiger partial charge in [-0.05, 0) is 62.2 Å². The summed E-state index contributed by atoms with van der Waals surface area (Å²) < 4.78 is 1.19. The second-order valence-corrected chi connectivity index (χ2v) is 9.07. The van der Waals surface area contributed by atoms with Crippen LogP contribution in [0.3, 0.4) is 0 Å². The summed E-state index contributed by atoms with van der Waals surface area (Å²) in [5.74, 6) is -0.430. The smallest absolute Gasteiger partial charge is 0.276 e. The number of anilines is 2. The molecule has 2 aromatic carbocycles. The van der Waals surface area contributed by atoms with Crippen LogP contribution in [0.2, 0.25) is 0 Å². The zero-order valence-corrected chi connectivity index (χ0v) is 20.4. The quantitative estimate of drug-likeness (QED) is 0.594. The van der Waals surface area contributed by atoms with Crippen LogP contribution in [0, 0.1) is 13.8 Å². The predicted molar refractivity (Wildman–Crippen MR) is 137 cm³/mol. The highest BCUT2D eigenvalue weighted by atomic mass is 16.2. The van der Waals surface area contributed by atoms with Crippen molar-refractivity contribution in [2.75, 3.05) is 29.9 Å². The van der Waals surface area contributed by atoms with E-state index in [9.17, 15) is 14.4 Å². The number of amides is 2. The Bertz CT molecular complexity index is 1290. The van der Waals surface area contributed by atoms with E-state index in [1.54, 1.807) is 6.07 Å². The van der Waals surface area contributed by atoms with Crippen LogP contribution in [-0.2, 0) is 11.3 Å². The van der Waals surface area contributed by atoms with Crippen molar-refractivity contribution in [1.29, 1.82) is 0 Å². The van der Waals surface area contributed by atoms with E-state index in [2.05, 4.69) is 53.4 Å². The first-order valence-electron chi connectivity index (χ1n) is 11.9. The van der Waals surface area contributed by atoms with Crippen molar-refractivity contribution in [3.63, 3.8) is 0 Å². The zero-order chi connectivity index (χ0) is 24.9. The van der Waals surface area contributed by atoms with Crippen LogP contribution in [0.4, 0.5) is 11.4 Å². The van der Waals surface area contributed by atoms with Crippen molar-refractivity contribution in [2.45, 2.75) is 39.8 Å². The topological polar surface area (TPSA) is 87.5 Å². The molecule has 1 saturated heterocycles. The Balaban J connectivity index is 1.35. The number of benzene rings is 2. The van der Waals surface area contributed by atoms with E-state index < -0.39 is 5.91 Å². The fourth-order valence-corrected chi connectivity index (χ4v) is 4.38. The Morgan fingerprint density at radius 3 is 2.46 bits per heavy atom. The van der Waals surface area contributed by atoms with Gasteiger partial charge in [0.1, 0.15) is 5.69 Å². The second kappa shape index (κ2) is 10.5. The van der Waals surface area contributed by atoms with Gasteiger partial charge in [0, 0.05) is 49.5 Å². The molecule has 1 N–H and O–H groups in total. The molecule has 2 amide bonds. The summed E-state index contributed by atoms with van der Waals surface area (Å²) in [5.41, 5.74) is 3.83. The van der Waals surface area contributed by atoms with Crippen molar-refractivity contribution in [2.24, 2.45) is 0 Å². The Kier molecular flexibility index (Phi) is 7.29. The summed E-state index contributed by atoms with van der Waals surface area (Å²) in [7, 11) is 0.